The maximum absolute atomic E-state index is 11.9. The molecule has 0 heterocycles. The molecule has 1 aromatic rings. The molecule has 1 aliphatic carbocycles. The van der Waals surface area contributed by atoms with E-state index >= 15 is 0 Å². The third-order valence-corrected chi connectivity index (χ3v) is 3.25. The smallest absolute Gasteiger partial charge is 0.260 e. The molecule has 5 nitrogen and oxygen atoms in total. The van der Waals surface area contributed by atoms with Crippen molar-refractivity contribution in [1.29, 1.82) is 0 Å². The standard InChI is InChI=1S/C14H19NO4/c1-15(11-4-5-11)14(17)9-19-13-7-10(8-16)3-6-12(13)18-2/h3,6-7,11,16H,4-5,8-9H2,1-2H3. The van der Waals surface area contributed by atoms with Crippen LogP contribution in [0.4, 0.5) is 0 Å². The largest absolute Gasteiger partial charge is 0.493 e. The van der Waals surface area contributed by atoms with Crippen molar-refractivity contribution in [2.45, 2.75) is 25.5 Å². The van der Waals surface area contributed by atoms with Crippen molar-refractivity contribution in [3.05, 3.63) is 23.8 Å². The van der Waals surface area contributed by atoms with Gasteiger partial charge in [0, 0.05) is 13.1 Å². The summed E-state index contributed by atoms with van der Waals surface area (Å²) < 4.78 is 10.7. The topological polar surface area (TPSA) is 59.0 Å². The number of methoxy groups -OCH3 is 1. The van der Waals surface area contributed by atoms with Crippen molar-refractivity contribution >= 4 is 5.91 Å². The van der Waals surface area contributed by atoms with Crippen LogP contribution in [0, 0.1) is 0 Å². The normalized spacial score (nSPS) is 14.1. The van der Waals surface area contributed by atoms with Crippen molar-refractivity contribution in [2.24, 2.45) is 0 Å². The van der Waals surface area contributed by atoms with E-state index in [1.807, 2.05) is 0 Å². The number of rotatable bonds is 6. The van der Waals surface area contributed by atoms with E-state index in [9.17, 15) is 4.79 Å². The number of aliphatic hydroxyl groups is 1. The number of hydrogen-bond acceptors (Lipinski definition) is 4. The van der Waals surface area contributed by atoms with Gasteiger partial charge in [-0.2, -0.15) is 0 Å². The molecule has 0 bridgehead atoms. The fourth-order valence-corrected chi connectivity index (χ4v) is 1.84. The third kappa shape index (κ3) is 3.38. The Balaban J connectivity index is 1.99. The van der Waals surface area contributed by atoms with Crippen LogP contribution in [0.1, 0.15) is 18.4 Å². The van der Waals surface area contributed by atoms with Gasteiger partial charge >= 0.3 is 0 Å². The fraction of sp³-hybridized carbons (Fsp3) is 0.500. The molecule has 104 valence electrons. The highest BCUT2D eigenvalue weighted by atomic mass is 16.5. The van der Waals surface area contributed by atoms with Crippen LogP contribution in [-0.2, 0) is 11.4 Å². The first kappa shape index (κ1) is 13.7. The summed E-state index contributed by atoms with van der Waals surface area (Å²) in [6, 6.07) is 5.53. The van der Waals surface area contributed by atoms with E-state index in [1.165, 1.54) is 0 Å². The molecule has 0 aromatic heterocycles. The Kier molecular flexibility index (Phi) is 4.27. The maximum Gasteiger partial charge on any atom is 0.260 e. The minimum atomic E-state index is -0.0731. The molecule has 1 aromatic carbocycles. The molecule has 2 rings (SSSR count). The van der Waals surface area contributed by atoms with Gasteiger partial charge in [0.1, 0.15) is 0 Å². The van der Waals surface area contributed by atoms with Gasteiger partial charge < -0.3 is 19.5 Å². The van der Waals surface area contributed by atoms with Crippen LogP contribution in [0.2, 0.25) is 0 Å². The van der Waals surface area contributed by atoms with Gasteiger partial charge in [0.2, 0.25) is 0 Å². The first-order chi connectivity index (χ1) is 9.15. The Hall–Kier alpha value is -1.75. The van der Waals surface area contributed by atoms with Crippen LogP contribution < -0.4 is 9.47 Å². The molecule has 0 radical (unpaired) electrons. The molecule has 1 aliphatic rings. The van der Waals surface area contributed by atoms with Gasteiger partial charge in [0.05, 0.1) is 13.7 Å². The predicted molar refractivity (Wildman–Crippen MR) is 70.2 cm³/mol. The SMILES string of the molecule is COc1ccc(CO)cc1OCC(=O)N(C)C1CC1. The summed E-state index contributed by atoms with van der Waals surface area (Å²) in [5, 5.41) is 9.10. The Morgan fingerprint density at radius 1 is 1.42 bits per heavy atom. The van der Waals surface area contributed by atoms with E-state index in [0.29, 0.717) is 17.5 Å². The summed E-state index contributed by atoms with van der Waals surface area (Å²) in [5.41, 5.74) is 0.721. The van der Waals surface area contributed by atoms with Crippen LogP contribution in [0.5, 0.6) is 11.5 Å². The lowest BCUT2D eigenvalue weighted by Gasteiger charge is -2.17. The lowest BCUT2D eigenvalue weighted by atomic mass is 10.2. The highest BCUT2D eigenvalue weighted by Gasteiger charge is 2.29. The van der Waals surface area contributed by atoms with E-state index in [0.717, 1.165) is 18.4 Å². The first-order valence-corrected chi connectivity index (χ1v) is 6.32. The van der Waals surface area contributed by atoms with Crippen molar-refractivity contribution in [1.82, 2.24) is 4.90 Å². The molecule has 19 heavy (non-hydrogen) atoms. The summed E-state index contributed by atoms with van der Waals surface area (Å²) in [6.45, 7) is -0.0888. The highest BCUT2D eigenvalue weighted by Crippen LogP contribution is 2.29. The van der Waals surface area contributed by atoms with E-state index in [4.69, 9.17) is 14.6 Å². The quantitative estimate of drug-likeness (QED) is 0.839. The lowest BCUT2D eigenvalue weighted by Crippen LogP contribution is -2.33. The lowest BCUT2D eigenvalue weighted by molar-refractivity contribution is -0.132. The van der Waals surface area contributed by atoms with E-state index in [2.05, 4.69) is 0 Å². The van der Waals surface area contributed by atoms with E-state index < -0.39 is 0 Å². The average molecular weight is 265 g/mol. The molecular formula is C14H19NO4. The van der Waals surface area contributed by atoms with Crippen LogP contribution in [0.15, 0.2) is 18.2 Å². The molecule has 5 heteroatoms. The number of nitrogens with zero attached hydrogens (tertiary/aromatic N) is 1. The number of amides is 1. The molecule has 1 saturated carbocycles. The van der Waals surface area contributed by atoms with Crippen molar-refractivity contribution in [2.75, 3.05) is 20.8 Å². The second-order valence-corrected chi connectivity index (χ2v) is 4.67. The zero-order chi connectivity index (χ0) is 13.8. The molecule has 0 aliphatic heterocycles. The number of benzene rings is 1. The third-order valence-electron chi connectivity index (χ3n) is 3.25. The molecule has 1 fully saturated rings. The van der Waals surface area contributed by atoms with Gasteiger partial charge in [-0.3, -0.25) is 4.79 Å². The van der Waals surface area contributed by atoms with Gasteiger partial charge in [-0.25, -0.2) is 0 Å². The average Bonchev–Trinajstić information content (AvgIpc) is 3.28. The molecule has 1 amide bonds. The fourth-order valence-electron chi connectivity index (χ4n) is 1.84. The molecule has 0 atom stereocenters. The molecule has 1 N–H and O–H groups in total. The van der Waals surface area contributed by atoms with Crippen LogP contribution in [0.3, 0.4) is 0 Å². The molecule has 0 unspecified atom stereocenters. The molecule has 0 spiro atoms. The molecular weight excluding hydrogens is 246 g/mol. The minimum Gasteiger partial charge on any atom is -0.493 e. The second kappa shape index (κ2) is 5.93. The van der Waals surface area contributed by atoms with Crippen LogP contribution >= 0.6 is 0 Å². The molecule has 0 saturated heterocycles. The summed E-state index contributed by atoms with van der Waals surface area (Å²) in [6.07, 6.45) is 2.15. The Bertz CT molecular complexity index is 457. The zero-order valence-corrected chi connectivity index (χ0v) is 11.3. The van der Waals surface area contributed by atoms with Crippen LogP contribution in [-0.4, -0.2) is 42.7 Å². The summed E-state index contributed by atoms with van der Waals surface area (Å²) in [7, 11) is 3.34. The number of carbonyl (C=O) groups is 1. The van der Waals surface area contributed by atoms with Gasteiger partial charge in [0.25, 0.3) is 5.91 Å². The number of aliphatic hydroxyl groups excluding tert-OH is 1. The Morgan fingerprint density at radius 3 is 2.74 bits per heavy atom. The predicted octanol–water partition coefficient (Wildman–Crippen LogP) is 1.19. The maximum atomic E-state index is 11.9. The summed E-state index contributed by atoms with van der Waals surface area (Å²) in [4.78, 5) is 13.6. The summed E-state index contributed by atoms with van der Waals surface area (Å²) in [5.74, 6) is 0.990. The number of ether oxygens (including phenoxy) is 2. The Morgan fingerprint density at radius 2 is 2.16 bits per heavy atom. The van der Waals surface area contributed by atoms with Crippen molar-refractivity contribution in [3.8, 4) is 11.5 Å². The second-order valence-electron chi connectivity index (χ2n) is 4.67. The number of likely N-dealkylation sites (N-methyl/N-ethyl adjacent to an activating group) is 1. The minimum absolute atomic E-state index is 0.0156. The summed E-state index contributed by atoms with van der Waals surface area (Å²) >= 11 is 0. The van der Waals surface area contributed by atoms with Gasteiger partial charge in [-0.05, 0) is 30.5 Å². The number of carbonyl (C=O) groups excluding carboxylic acids is 1. The monoisotopic (exact) mass is 265 g/mol. The van der Waals surface area contributed by atoms with Crippen molar-refractivity contribution in [3.63, 3.8) is 0 Å². The number of hydrogen-bond donors (Lipinski definition) is 1. The Labute approximate surface area is 112 Å². The van der Waals surface area contributed by atoms with E-state index in [-0.39, 0.29) is 19.1 Å². The van der Waals surface area contributed by atoms with Gasteiger partial charge in [-0.1, -0.05) is 6.07 Å². The first-order valence-electron chi connectivity index (χ1n) is 6.32. The van der Waals surface area contributed by atoms with Gasteiger partial charge in [0.15, 0.2) is 18.1 Å². The highest BCUT2D eigenvalue weighted by molar-refractivity contribution is 5.78. The van der Waals surface area contributed by atoms with Gasteiger partial charge in [-0.15, -0.1) is 0 Å². The zero-order valence-electron chi connectivity index (χ0n) is 11.3. The van der Waals surface area contributed by atoms with E-state index in [1.54, 1.807) is 37.3 Å². The van der Waals surface area contributed by atoms with Crippen LogP contribution in [0.25, 0.3) is 0 Å². The van der Waals surface area contributed by atoms with Crippen molar-refractivity contribution < 1.29 is 19.4 Å².